The zero-order chi connectivity index (χ0) is 15.2. The first-order valence-corrected chi connectivity index (χ1v) is 8.76. The van der Waals surface area contributed by atoms with Crippen molar-refractivity contribution in [1.82, 2.24) is 5.32 Å². The minimum absolute atomic E-state index is 0.673. The van der Waals surface area contributed by atoms with E-state index in [0.717, 1.165) is 24.7 Å². The topological polar surface area (TPSA) is 15.3 Å². The maximum absolute atomic E-state index is 6.55. The number of hydrogen-bond acceptors (Lipinski definition) is 2. The molecule has 0 bridgehead atoms. The van der Waals surface area contributed by atoms with Crippen molar-refractivity contribution in [1.29, 1.82) is 0 Å². The molecule has 2 rings (SSSR count). The molecule has 1 saturated carbocycles. The molecule has 2 nitrogen and oxygen atoms in total. The predicted octanol–water partition coefficient (Wildman–Crippen LogP) is 4.85. The van der Waals surface area contributed by atoms with E-state index in [1.807, 2.05) is 6.07 Å². The summed E-state index contributed by atoms with van der Waals surface area (Å²) < 4.78 is 0. The lowest BCUT2D eigenvalue weighted by Crippen LogP contribution is -2.29. The molecule has 1 fully saturated rings. The molecule has 0 unspecified atom stereocenters. The average Bonchev–Trinajstić information content (AvgIpc) is 3.25. The van der Waals surface area contributed by atoms with Crippen LogP contribution in [0.5, 0.6) is 0 Å². The highest BCUT2D eigenvalue weighted by Crippen LogP contribution is 2.38. The van der Waals surface area contributed by atoms with Crippen LogP contribution >= 0.6 is 11.6 Å². The van der Waals surface area contributed by atoms with Gasteiger partial charge < -0.3 is 10.2 Å². The number of nitrogens with one attached hydrogen (secondary N) is 1. The molecule has 21 heavy (non-hydrogen) atoms. The molecule has 1 aromatic carbocycles. The highest BCUT2D eigenvalue weighted by atomic mass is 35.5. The molecule has 3 heteroatoms. The van der Waals surface area contributed by atoms with Gasteiger partial charge in [-0.2, -0.15) is 0 Å². The first-order chi connectivity index (χ1) is 10.1. The molecule has 118 valence electrons. The van der Waals surface area contributed by atoms with Crippen molar-refractivity contribution in [2.24, 2.45) is 5.92 Å². The number of halogens is 1. The summed E-state index contributed by atoms with van der Waals surface area (Å²) in [6.45, 7) is 9.81. The van der Waals surface area contributed by atoms with E-state index in [-0.39, 0.29) is 0 Å². The van der Waals surface area contributed by atoms with Crippen LogP contribution in [-0.2, 0) is 6.54 Å². The molecule has 0 aromatic heterocycles. The van der Waals surface area contributed by atoms with Crippen molar-refractivity contribution in [3.05, 3.63) is 28.8 Å². The van der Waals surface area contributed by atoms with Crippen molar-refractivity contribution >= 4 is 17.3 Å². The SMILES string of the molecule is CCCCN(c1c(Cl)cccc1CNCC(C)C)C1CC1. The molecule has 1 aliphatic rings. The van der Waals surface area contributed by atoms with Gasteiger partial charge in [0.25, 0.3) is 0 Å². The van der Waals surface area contributed by atoms with Gasteiger partial charge in [-0.15, -0.1) is 0 Å². The van der Waals surface area contributed by atoms with Crippen LogP contribution in [0, 0.1) is 5.92 Å². The molecule has 1 aliphatic carbocycles. The van der Waals surface area contributed by atoms with Gasteiger partial charge in [-0.1, -0.05) is 50.9 Å². The average molecular weight is 309 g/mol. The summed E-state index contributed by atoms with van der Waals surface area (Å²) >= 11 is 6.55. The van der Waals surface area contributed by atoms with Gasteiger partial charge in [0.2, 0.25) is 0 Å². The van der Waals surface area contributed by atoms with E-state index >= 15 is 0 Å². The van der Waals surface area contributed by atoms with Crippen molar-refractivity contribution in [3.8, 4) is 0 Å². The van der Waals surface area contributed by atoms with E-state index in [1.54, 1.807) is 0 Å². The Bertz CT molecular complexity index is 441. The van der Waals surface area contributed by atoms with Gasteiger partial charge in [-0.05, 0) is 43.4 Å². The lowest BCUT2D eigenvalue weighted by atomic mass is 10.1. The fourth-order valence-electron chi connectivity index (χ4n) is 2.71. The van der Waals surface area contributed by atoms with Crippen LogP contribution < -0.4 is 10.2 Å². The third-order valence-corrected chi connectivity index (χ3v) is 4.27. The van der Waals surface area contributed by atoms with Crippen LogP contribution in [0.1, 0.15) is 52.0 Å². The van der Waals surface area contributed by atoms with Gasteiger partial charge in [-0.25, -0.2) is 0 Å². The second-order valence-electron chi connectivity index (χ2n) is 6.55. The van der Waals surface area contributed by atoms with E-state index in [0.29, 0.717) is 12.0 Å². The highest BCUT2D eigenvalue weighted by molar-refractivity contribution is 6.33. The van der Waals surface area contributed by atoms with Gasteiger partial charge in [0.05, 0.1) is 10.7 Å². The largest absolute Gasteiger partial charge is 0.367 e. The molecular formula is C18H29ClN2. The number of benzene rings is 1. The van der Waals surface area contributed by atoms with Crippen molar-refractivity contribution in [2.45, 2.75) is 59.0 Å². The van der Waals surface area contributed by atoms with Crippen LogP contribution in [-0.4, -0.2) is 19.1 Å². The van der Waals surface area contributed by atoms with E-state index in [9.17, 15) is 0 Å². The Morgan fingerprint density at radius 3 is 2.71 bits per heavy atom. The fraction of sp³-hybridized carbons (Fsp3) is 0.667. The number of para-hydroxylation sites is 1. The minimum Gasteiger partial charge on any atom is -0.367 e. The normalized spacial score (nSPS) is 14.7. The summed E-state index contributed by atoms with van der Waals surface area (Å²) in [7, 11) is 0. The van der Waals surface area contributed by atoms with Gasteiger partial charge in [0.15, 0.2) is 0 Å². The van der Waals surface area contributed by atoms with E-state index in [4.69, 9.17) is 11.6 Å². The molecule has 0 heterocycles. The number of rotatable bonds is 9. The van der Waals surface area contributed by atoms with E-state index < -0.39 is 0 Å². The predicted molar refractivity (Wildman–Crippen MR) is 93.3 cm³/mol. The van der Waals surface area contributed by atoms with Crippen LogP contribution in [0.2, 0.25) is 5.02 Å². The molecule has 1 N–H and O–H groups in total. The second-order valence-corrected chi connectivity index (χ2v) is 6.96. The molecule has 0 saturated heterocycles. The molecule has 0 aliphatic heterocycles. The van der Waals surface area contributed by atoms with Crippen LogP contribution in [0.15, 0.2) is 18.2 Å². The van der Waals surface area contributed by atoms with Crippen molar-refractivity contribution in [3.63, 3.8) is 0 Å². The van der Waals surface area contributed by atoms with E-state index in [2.05, 4.69) is 43.1 Å². The summed E-state index contributed by atoms with van der Waals surface area (Å²) in [6, 6.07) is 7.03. The quantitative estimate of drug-likeness (QED) is 0.701. The van der Waals surface area contributed by atoms with Crippen LogP contribution in [0.3, 0.4) is 0 Å². The zero-order valence-corrected chi connectivity index (χ0v) is 14.4. The zero-order valence-electron chi connectivity index (χ0n) is 13.7. The molecule has 0 radical (unpaired) electrons. The lowest BCUT2D eigenvalue weighted by molar-refractivity contribution is 0.551. The number of unbranched alkanes of at least 4 members (excludes halogenated alkanes) is 1. The Balaban J connectivity index is 2.14. The van der Waals surface area contributed by atoms with Gasteiger partial charge in [-0.3, -0.25) is 0 Å². The van der Waals surface area contributed by atoms with Gasteiger partial charge >= 0.3 is 0 Å². The Morgan fingerprint density at radius 2 is 2.10 bits per heavy atom. The molecule has 0 spiro atoms. The molecule has 0 amide bonds. The summed E-state index contributed by atoms with van der Waals surface area (Å²) in [5.74, 6) is 0.673. The first kappa shape index (κ1) is 16.6. The Labute approximate surface area is 134 Å². The smallest absolute Gasteiger partial charge is 0.0643 e. The number of hydrogen-bond donors (Lipinski definition) is 1. The maximum atomic E-state index is 6.55. The summed E-state index contributed by atoms with van der Waals surface area (Å²) in [6.07, 6.45) is 5.09. The third kappa shape index (κ3) is 4.89. The second kappa shape index (κ2) is 8.05. The Kier molecular flexibility index (Phi) is 6.38. The Morgan fingerprint density at radius 1 is 1.33 bits per heavy atom. The number of nitrogens with zero attached hydrogens (tertiary/aromatic N) is 1. The molecule has 1 aromatic rings. The minimum atomic E-state index is 0.673. The summed E-state index contributed by atoms with van der Waals surface area (Å²) in [5.41, 5.74) is 2.61. The highest BCUT2D eigenvalue weighted by Gasteiger charge is 2.31. The van der Waals surface area contributed by atoms with E-state index in [1.165, 1.54) is 36.9 Å². The maximum Gasteiger partial charge on any atom is 0.0643 e. The van der Waals surface area contributed by atoms with Crippen LogP contribution in [0.4, 0.5) is 5.69 Å². The fourth-order valence-corrected chi connectivity index (χ4v) is 3.01. The Hall–Kier alpha value is -0.730. The van der Waals surface area contributed by atoms with Crippen molar-refractivity contribution in [2.75, 3.05) is 18.0 Å². The first-order valence-electron chi connectivity index (χ1n) is 8.38. The summed E-state index contributed by atoms with van der Waals surface area (Å²) in [5, 5.41) is 4.46. The third-order valence-electron chi connectivity index (χ3n) is 3.97. The van der Waals surface area contributed by atoms with Gasteiger partial charge in [0, 0.05) is 19.1 Å². The van der Waals surface area contributed by atoms with Crippen LogP contribution in [0.25, 0.3) is 0 Å². The molecular weight excluding hydrogens is 280 g/mol. The van der Waals surface area contributed by atoms with Gasteiger partial charge in [0.1, 0.15) is 0 Å². The monoisotopic (exact) mass is 308 g/mol. The number of anilines is 1. The lowest BCUT2D eigenvalue weighted by Gasteiger charge is -2.28. The summed E-state index contributed by atoms with van der Waals surface area (Å²) in [4.78, 5) is 2.55. The standard InChI is InChI=1S/C18H29ClN2/c1-4-5-11-21(16-9-10-16)18-15(7-6-8-17(18)19)13-20-12-14(2)3/h6-8,14,16,20H,4-5,9-13H2,1-3H3. The van der Waals surface area contributed by atoms with Crippen molar-refractivity contribution < 1.29 is 0 Å². The molecule has 0 atom stereocenters.